The Morgan fingerprint density at radius 2 is 2.10 bits per heavy atom. The average molecular weight is 278 g/mol. The summed E-state index contributed by atoms with van der Waals surface area (Å²) in [6, 6.07) is 10.5. The van der Waals surface area contributed by atoms with Crippen LogP contribution in [0.1, 0.15) is 23.7 Å². The molecular weight excluding hydrogens is 264 g/mol. The van der Waals surface area contributed by atoms with Crippen molar-refractivity contribution in [1.29, 1.82) is 0 Å². The molecule has 3 aromatic rings. The van der Waals surface area contributed by atoms with Gasteiger partial charge in [-0.05, 0) is 16.0 Å². The summed E-state index contributed by atoms with van der Waals surface area (Å²) in [5.74, 6) is 0.737. The van der Waals surface area contributed by atoms with E-state index < -0.39 is 0 Å². The molecule has 0 radical (unpaired) electrons. The topological polar surface area (TPSA) is 72.3 Å². The summed E-state index contributed by atoms with van der Waals surface area (Å²) >= 11 is 0. The van der Waals surface area contributed by atoms with Gasteiger partial charge in [0.25, 0.3) is 0 Å². The number of nitrogens with zero attached hydrogens (tertiary/aromatic N) is 5. The van der Waals surface area contributed by atoms with Crippen LogP contribution < -0.4 is 0 Å². The minimum absolute atomic E-state index is 0.0291. The van der Waals surface area contributed by atoms with Gasteiger partial charge in [0.05, 0.1) is 0 Å². The highest BCUT2D eigenvalue weighted by Crippen LogP contribution is 2.36. The predicted octanol–water partition coefficient (Wildman–Crippen LogP) is 1.91. The average Bonchev–Trinajstić information content (AvgIpc) is 3.16. The van der Waals surface area contributed by atoms with E-state index in [9.17, 15) is 0 Å². The number of nitrogens with one attached hydrogen (secondary N) is 1. The van der Waals surface area contributed by atoms with Crippen LogP contribution in [-0.4, -0.2) is 30.4 Å². The van der Waals surface area contributed by atoms with Crippen LogP contribution in [-0.2, 0) is 11.8 Å². The van der Waals surface area contributed by atoms with Crippen LogP contribution in [0.4, 0.5) is 0 Å². The normalized spacial score (nSPS) is 20.4. The van der Waals surface area contributed by atoms with Crippen LogP contribution in [0.5, 0.6) is 0 Å². The van der Waals surface area contributed by atoms with Gasteiger partial charge in [-0.25, -0.2) is 0 Å². The Kier molecular flexibility index (Phi) is 2.50. The van der Waals surface area contributed by atoms with Crippen LogP contribution in [0.25, 0.3) is 11.9 Å². The minimum atomic E-state index is -0.0291. The van der Waals surface area contributed by atoms with Gasteiger partial charge in [-0.2, -0.15) is 9.78 Å². The fourth-order valence-corrected chi connectivity index (χ4v) is 2.83. The predicted molar refractivity (Wildman–Crippen MR) is 77.8 cm³/mol. The van der Waals surface area contributed by atoms with Gasteiger partial charge in [0.15, 0.2) is 5.82 Å². The Morgan fingerprint density at radius 3 is 2.86 bits per heavy atom. The molecule has 0 saturated carbocycles. The molecule has 0 spiro atoms. The van der Waals surface area contributed by atoms with Gasteiger partial charge in [-0.1, -0.05) is 49.4 Å². The van der Waals surface area contributed by atoms with E-state index in [1.54, 1.807) is 11.0 Å². The van der Waals surface area contributed by atoms with Crippen molar-refractivity contribution in [3.8, 4) is 5.82 Å². The van der Waals surface area contributed by atoms with Crippen LogP contribution in [0.2, 0.25) is 0 Å². The second kappa shape index (κ2) is 4.37. The second-order valence-corrected chi connectivity index (χ2v) is 5.49. The molecule has 1 aliphatic carbocycles. The molecule has 0 bridgehead atoms. The van der Waals surface area contributed by atoms with Crippen LogP contribution in [0.3, 0.4) is 0 Å². The molecule has 0 aliphatic heterocycles. The molecule has 2 heterocycles. The highest BCUT2D eigenvalue weighted by Gasteiger charge is 2.30. The van der Waals surface area contributed by atoms with Crippen molar-refractivity contribution in [1.82, 2.24) is 30.4 Å². The lowest BCUT2D eigenvalue weighted by Gasteiger charge is -2.29. The molecule has 0 saturated heterocycles. The van der Waals surface area contributed by atoms with Gasteiger partial charge in [0.1, 0.15) is 6.33 Å². The maximum absolute atomic E-state index is 4.34. The molecule has 6 heteroatoms. The summed E-state index contributed by atoms with van der Waals surface area (Å²) in [7, 11) is 0. The molecule has 1 aromatic carbocycles. The fraction of sp³-hybridized carbons (Fsp3) is 0.200. The molecule has 6 nitrogen and oxygen atoms in total. The summed E-state index contributed by atoms with van der Waals surface area (Å²) < 4.78 is 1.57. The zero-order valence-electron chi connectivity index (χ0n) is 11.6. The van der Waals surface area contributed by atoms with Crippen molar-refractivity contribution in [2.24, 2.45) is 0 Å². The van der Waals surface area contributed by atoms with E-state index in [4.69, 9.17) is 0 Å². The number of hydrogen-bond acceptors (Lipinski definition) is 4. The number of rotatable bonds is 2. The minimum Gasteiger partial charge on any atom is -0.280 e. The van der Waals surface area contributed by atoms with Crippen molar-refractivity contribution < 1.29 is 0 Å². The quantitative estimate of drug-likeness (QED) is 0.777. The van der Waals surface area contributed by atoms with E-state index >= 15 is 0 Å². The third-order valence-electron chi connectivity index (χ3n) is 4.02. The maximum atomic E-state index is 4.34. The lowest BCUT2D eigenvalue weighted by molar-refractivity contribution is 0.577. The van der Waals surface area contributed by atoms with Crippen LogP contribution in [0.15, 0.2) is 42.7 Å². The second-order valence-electron chi connectivity index (χ2n) is 5.49. The van der Waals surface area contributed by atoms with E-state index in [0.717, 1.165) is 23.5 Å². The zero-order valence-corrected chi connectivity index (χ0v) is 11.6. The first kappa shape index (κ1) is 12.0. The largest absolute Gasteiger partial charge is 0.280 e. The third-order valence-corrected chi connectivity index (χ3v) is 4.02. The van der Waals surface area contributed by atoms with Crippen LogP contribution >= 0.6 is 0 Å². The molecule has 0 fully saturated rings. The zero-order chi connectivity index (χ0) is 14.3. The van der Waals surface area contributed by atoms with E-state index in [1.807, 2.05) is 6.07 Å². The SMILES string of the molecule is CC1(c2ccccc2)C=Cc2c(-n3cnnn3)n[nH]c2C1. The molecule has 1 atom stereocenters. The number of hydrogen-bond donors (Lipinski definition) is 1. The Bertz CT molecular complexity index is 787. The van der Waals surface area contributed by atoms with Gasteiger partial charge in [0.2, 0.25) is 0 Å². The highest BCUT2D eigenvalue weighted by atomic mass is 15.5. The number of fused-ring (bicyclic) bond motifs is 1. The first-order valence-corrected chi connectivity index (χ1v) is 6.82. The Hall–Kier alpha value is -2.76. The summed E-state index contributed by atoms with van der Waals surface area (Å²) in [4.78, 5) is 0. The van der Waals surface area contributed by atoms with Crippen molar-refractivity contribution in [2.75, 3.05) is 0 Å². The third kappa shape index (κ3) is 1.87. The van der Waals surface area contributed by atoms with E-state index in [-0.39, 0.29) is 5.41 Å². The lowest BCUT2D eigenvalue weighted by Crippen LogP contribution is -2.25. The summed E-state index contributed by atoms with van der Waals surface area (Å²) in [6.45, 7) is 2.24. The van der Waals surface area contributed by atoms with Crippen molar-refractivity contribution in [2.45, 2.75) is 18.8 Å². The van der Waals surface area contributed by atoms with Crippen LogP contribution in [0, 0.1) is 0 Å². The standard InChI is InChI=1S/C15H14N6/c1-15(11-5-3-2-4-6-11)8-7-12-13(9-15)17-18-14(12)21-10-16-19-20-21/h2-8,10H,9H2,1H3,(H,17,18). The van der Waals surface area contributed by atoms with E-state index in [1.165, 1.54) is 5.56 Å². The summed E-state index contributed by atoms with van der Waals surface area (Å²) in [5.41, 5.74) is 3.43. The molecule has 104 valence electrons. The Balaban J connectivity index is 1.76. The number of aromatic nitrogens is 6. The van der Waals surface area contributed by atoms with Crippen molar-refractivity contribution >= 4 is 6.08 Å². The molecule has 1 unspecified atom stereocenters. The van der Waals surface area contributed by atoms with E-state index in [0.29, 0.717) is 0 Å². The molecule has 1 N–H and O–H groups in total. The monoisotopic (exact) mass is 278 g/mol. The first-order valence-electron chi connectivity index (χ1n) is 6.82. The maximum Gasteiger partial charge on any atom is 0.185 e. The summed E-state index contributed by atoms with van der Waals surface area (Å²) in [6.07, 6.45) is 6.76. The molecular formula is C15H14N6. The molecule has 21 heavy (non-hydrogen) atoms. The van der Waals surface area contributed by atoms with Crippen molar-refractivity contribution in [3.63, 3.8) is 0 Å². The van der Waals surface area contributed by atoms with Gasteiger partial charge in [0, 0.05) is 23.1 Å². The smallest absolute Gasteiger partial charge is 0.185 e. The van der Waals surface area contributed by atoms with Gasteiger partial charge in [-0.15, -0.1) is 5.10 Å². The first-order chi connectivity index (χ1) is 10.3. The van der Waals surface area contributed by atoms with Gasteiger partial charge >= 0.3 is 0 Å². The Labute approximate surface area is 121 Å². The number of tetrazole rings is 1. The van der Waals surface area contributed by atoms with Gasteiger partial charge in [-0.3, -0.25) is 5.10 Å². The fourth-order valence-electron chi connectivity index (χ4n) is 2.83. The lowest BCUT2D eigenvalue weighted by atomic mass is 9.75. The van der Waals surface area contributed by atoms with E-state index in [2.05, 4.69) is 69.1 Å². The van der Waals surface area contributed by atoms with Crippen molar-refractivity contribution in [3.05, 3.63) is 59.6 Å². The number of H-pyrrole nitrogens is 1. The van der Waals surface area contributed by atoms with Gasteiger partial charge < -0.3 is 0 Å². The number of benzene rings is 1. The Morgan fingerprint density at radius 1 is 1.24 bits per heavy atom. The highest BCUT2D eigenvalue weighted by molar-refractivity contribution is 5.65. The number of aromatic amines is 1. The number of allylic oxidation sites excluding steroid dienone is 1. The summed E-state index contributed by atoms with van der Waals surface area (Å²) in [5, 5.41) is 18.7. The molecule has 0 amide bonds. The molecule has 1 aliphatic rings. The molecule has 4 rings (SSSR count). The molecule has 2 aromatic heterocycles.